The average Bonchev–Trinajstić information content (AvgIpc) is 3.03. The van der Waals surface area contributed by atoms with Crippen LogP contribution in [0.25, 0.3) is 11.5 Å². The zero-order valence-corrected chi connectivity index (χ0v) is 13.1. The fourth-order valence-corrected chi connectivity index (χ4v) is 3.06. The number of halogens is 2. The molecular formula is C16H13F2N3OS. The van der Waals surface area contributed by atoms with E-state index in [1.165, 1.54) is 23.9 Å². The summed E-state index contributed by atoms with van der Waals surface area (Å²) in [6.07, 6.45) is 3.91. The van der Waals surface area contributed by atoms with Gasteiger partial charge in [-0.05, 0) is 24.6 Å². The van der Waals surface area contributed by atoms with Crippen molar-refractivity contribution in [3.05, 3.63) is 59.9 Å². The van der Waals surface area contributed by atoms with Crippen molar-refractivity contribution in [3.8, 4) is 11.5 Å². The molecule has 1 aromatic carbocycles. The predicted molar refractivity (Wildman–Crippen MR) is 82.8 cm³/mol. The van der Waals surface area contributed by atoms with Crippen molar-refractivity contribution in [2.75, 3.05) is 0 Å². The van der Waals surface area contributed by atoms with Crippen LogP contribution in [0.4, 0.5) is 8.78 Å². The highest BCUT2D eigenvalue weighted by Gasteiger charge is 2.19. The molecule has 0 aliphatic carbocycles. The molecule has 1 atom stereocenters. The third-order valence-electron chi connectivity index (χ3n) is 3.26. The van der Waals surface area contributed by atoms with Gasteiger partial charge in [-0.3, -0.25) is 4.98 Å². The Morgan fingerprint density at radius 2 is 1.91 bits per heavy atom. The minimum absolute atomic E-state index is 0.235. The van der Waals surface area contributed by atoms with Gasteiger partial charge in [-0.1, -0.05) is 24.8 Å². The van der Waals surface area contributed by atoms with Crippen molar-refractivity contribution >= 4 is 11.8 Å². The first kappa shape index (κ1) is 15.6. The van der Waals surface area contributed by atoms with Crippen molar-refractivity contribution in [2.45, 2.75) is 23.8 Å². The van der Waals surface area contributed by atoms with Crippen LogP contribution >= 0.6 is 11.8 Å². The second-order valence-corrected chi connectivity index (χ2v) is 5.94. The molecule has 0 aliphatic rings. The molecule has 0 fully saturated rings. The Labute approximate surface area is 136 Å². The van der Waals surface area contributed by atoms with E-state index in [9.17, 15) is 8.78 Å². The molecule has 118 valence electrons. The van der Waals surface area contributed by atoms with E-state index in [-0.39, 0.29) is 5.25 Å². The van der Waals surface area contributed by atoms with Crippen LogP contribution in [0.2, 0.25) is 0 Å². The molecule has 2 heterocycles. The predicted octanol–water partition coefficient (Wildman–Crippen LogP) is 4.65. The second kappa shape index (κ2) is 6.87. The van der Waals surface area contributed by atoms with Crippen LogP contribution in [0.5, 0.6) is 0 Å². The molecule has 3 rings (SSSR count). The zero-order chi connectivity index (χ0) is 16.2. The van der Waals surface area contributed by atoms with Crippen LogP contribution in [-0.2, 0) is 0 Å². The van der Waals surface area contributed by atoms with Gasteiger partial charge in [0, 0.05) is 34.8 Å². The first-order chi connectivity index (χ1) is 11.2. The van der Waals surface area contributed by atoms with Crippen LogP contribution in [0, 0.1) is 11.6 Å². The maximum absolute atomic E-state index is 13.9. The first-order valence-corrected chi connectivity index (χ1v) is 7.91. The van der Waals surface area contributed by atoms with Crippen LogP contribution in [0.1, 0.15) is 24.2 Å². The Morgan fingerprint density at radius 3 is 2.61 bits per heavy atom. The summed E-state index contributed by atoms with van der Waals surface area (Å²) < 4.78 is 32.6. The summed E-state index contributed by atoms with van der Waals surface area (Å²) in [5, 5.41) is 8.07. The standard InChI is InChI=1S/C16H13F2N3OS/c1-2-14(12-4-3-11(17)9-13(12)18)23-16-21-20-15(22-16)10-5-7-19-8-6-10/h3-9,14H,2H2,1H3. The largest absolute Gasteiger partial charge is 0.411 e. The number of rotatable bonds is 5. The van der Waals surface area contributed by atoms with Crippen molar-refractivity contribution in [3.63, 3.8) is 0 Å². The van der Waals surface area contributed by atoms with E-state index < -0.39 is 11.6 Å². The smallest absolute Gasteiger partial charge is 0.277 e. The van der Waals surface area contributed by atoms with Gasteiger partial charge in [0.15, 0.2) is 0 Å². The Bertz CT molecular complexity index is 795. The number of aromatic nitrogens is 3. The fraction of sp³-hybridized carbons (Fsp3) is 0.188. The summed E-state index contributed by atoms with van der Waals surface area (Å²) in [6.45, 7) is 1.92. The van der Waals surface area contributed by atoms with Crippen LogP contribution in [-0.4, -0.2) is 15.2 Å². The number of hydrogen-bond acceptors (Lipinski definition) is 5. The monoisotopic (exact) mass is 333 g/mol. The van der Waals surface area contributed by atoms with Crippen LogP contribution in [0.3, 0.4) is 0 Å². The molecule has 2 aromatic heterocycles. The molecule has 23 heavy (non-hydrogen) atoms. The van der Waals surface area contributed by atoms with E-state index in [0.29, 0.717) is 23.1 Å². The average molecular weight is 333 g/mol. The number of pyridine rings is 1. The van der Waals surface area contributed by atoms with Gasteiger partial charge < -0.3 is 4.42 Å². The fourth-order valence-electron chi connectivity index (χ4n) is 2.12. The van der Waals surface area contributed by atoms with Crippen molar-refractivity contribution in [1.82, 2.24) is 15.2 Å². The molecule has 0 saturated carbocycles. The highest BCUT2D eigenvalue weighted by molar-refractivity contribution is 7.99. The molecule has 0 saturated heterocycles. The topological polar surface area (TPSA) is 51.8 Å². The third-order valence-corrected chi connectivity index (χ3v) is 4.50. The third kappa shape index (κ3) is 3.56. The molecular weight excluding hydrogens is 320 g/mol. The first-order valence-electron chi connectivity index (χ1n) is 7.03. The number of nitrogens with zero attached hydrogens (tertiary/aromatic N) is 3. The highest BCUT2D eigenvalue weighted by Crippen LogP contribution is 2.38. The number of thioether (sulfide) groups is 1. The maximum Gasteiger partial charge on any atom is 0.277 e. The minimum Gasteiger partial charge on any atom is -0.411 e. The van der Waals surface area contributed by atoms with Crippen LogP contribution < -0.4 is 0 Å². The second-order valence-electron chi connectivity index (χ2n) is 4.79. The van der Waals surface area contributed by atoms with E-state index in [4.69, 9.17) is 4.42 Å². The molecule has 0 spiro atoms. The minimum atomic E-state index is -0.594. The van der Waals surface area contributed by atoms with Gasteiger partial charge in [-0.15, -0.1) is 10.2 Å². The highest BCUT2D eigenvalue weighted by atomic mass is 32.2. The van der Waals surface area contributed by atoms with Crippen molar-refractivity contribution in [2.24, 2.45) is 0 Å². The number of hydrogen-bond donors (Lipinski definition) is 0. The summed E-state index contributed by atoms with van der Waals surface area (Å²) >= 11 is 1.26. The van der Waals surface area contributed by atoms with E-state index in [0.717, 1.165) is 11.6 Å². The zero-order valence-electron chi connectivity index (χ0n) is 12.2. The molecule has 7 heteroatoms. The molecule has 1 unspecified atom stereocenters. The summed E-state index contributed by atoms with van der Waals surface area (Å²) in [5.41, 5.74) is 1.18. The molecule has 0 bridgehead atoms. The van der Waals surface area contributed by atoms with E-state index in [1.54, 1.807) is 24.5 Å². The van der Waals surface area contributed by atoms with E-state index in [1.807, 2.05) is 6.92 Å². The lowest BCUT2D eigenvalue weighted by atomic mass is 10.1. The van der Waals surface area contributed by atoms with Crippen molar-refractivity contribution < 1.29 is 13.2 Å². The van der Waals surface area contributed by atoms with E-state index in [2.05, 4.69) is 15.2 Å². The van der Waals surface area contributed by atoms with E-state index >= 15 is 0 Å². The van der Waals surface area contributed by atoms with Gasteiger partial charge >= 0.3 is 0 Å². The Hall–Kier alpha value is -2.28. The Morgan fingerprint density at radius 1 is 1.13 bits per heavy atom. The molecule has 0 radical (unpaired) electrons. The van der Waals surface area contributed by atoms with Gasteiger partial charge in [-0.25, -0.2) is 8.78 Å². The quantitative estimate of drug-likeness (QED) is 0.636. The van der Waals surface area contributed by atoms with Gasteiger partial charge in [0.1, 0.15) is 11.6 Å². The summed E-state index contributed by atoms with van der Waals surface area (Å²) in [5.74, 6) is -0.786. The number of benzene rings is 1. The lowest BCUT2D eigenvalue weighted by Crippen LogP contribution is -1.97. The SMILES string of the molecule is CCC(Sc1nnc(-c2ccncc2)o1)c1ccc(F)cc1F. The Balaban J connectivity index is 1.81. The van der Waals surface area contributed by atoms with Gasteiger partial charge in [-0.2, -0.15) is 0 Å². The van der Waals surface area contributed by atoms with Crippen LogP contribution in [0.15, 0.2) is 52.4 Å². The van der Waals surface area contributed by atoms with Crippen molar-refractivity contribution in [1.29, 1.82) is 0 Å². The summed E-state index contributed by atoms with van der Waals surface area (Å²) in [6, 6.07) is 7.11. The molecule has 4 nitrogen and oxygen atoms in total. The summed E-state index contributed by atoms with van der Waals surface area (Å²) in [7, 11) is 0. The van der Waals surface area contributed by atoms with Gasteiger partial charge in [0.05, 0.1) is 0 Å². The van der Waals surface area contributed by atoms with Gasteiger partial charge in [0.2, 0.25) is 5.89 Å². The maximum atomic E-state index is 13.9. The Kier molecular flexibility index (Phi) is 4.66. The molecule has 0 amide bonds. The lowest BCUT2D eigenvalue weighted by molar-refractivity contribution is 0.464. The summed E-state index contributed by atoms with van der Waals surface area (Å²) in [4.78, 5) is 3.93. The molecule has 0 N–H and O–H groups in total. The van der Waals surface area contributed by atoms with Gasteiger partial charge in [0.25, 0.3) is 5.22 Å². The lowest BCUT2D eigenvalue weighted by Gasteiger charge is -2.13. The molecule has 3 aromatic rings. The molecule has 0 aliphatic heterocycles. The normalized spacial score (nSPS) is 12.3.